The van der Waals surface area contributed by atoms with Crippen LogP contribution in [0.2, 0.25) is 0 Å². The van der Waals surface area contributed by atoms with Gasteiger partial charge in [0, 0.05) is 0 Å². The fourth-order valence-electron chi connectivity index (χ4n) is 3.45. The van der Waals surface area contributed by atoms with Crippen molar-refractivity contribution in [1.29, 1.82) is 0 Å². The molecule has 0 aliphatic rings. The van der Waals surface area contributed by atoms with Gasteiger partial charge >= 0.3 is 5.97 Å². The lowest BCUT2D eigenvalue weighted by Crippen LogP contribution is -2.40. The lowest BCUT2D eigenvalue weighted by atomic mass is 9.71. The summed E-state index contributed by atoms with van der Waals surface area (Å²) in [6.45, 7) is 4.13. The van der Waals surface area contributed by atoms with E-state index in [-0.39, 0.29) is 0 Å². The Balaban J connectivity index is 2.64. The molecule has 1 unspecified atom stereocenters. The molecule has 24 heavy (non-hydrogen) atoms. The lowest BCUT2D eigenvalue weighted by Gasteiger charge is -2.30. The van der Waals surface area contributed by atoms with Gasteiger partial charge in [0.05, 0.1) is 5.41 Å². The Labute approximate surface area is 146 Å². The summed E-state index contributed by atoms with van der Waals surface area (Å²) in [6.07, 6.45) is 10.6. The predicted molar refractivity (Wildman–Crippen MR) is 98.3 cm³/mol. The summed E-state index contributed by atoms with van der Waals surface area (Å²) in [5.41, 5.74) is -0.0437. The number of rotatable bonds is 13. The zero-order chi connectivity index (χ0) is 17.8. The Morgan fingerprint density at radius 3 is 1.92 bits per heavy atom. The van der Waals surface area contributed by atoms with Crippen molar-refractivity contribution in [2.45, 2.75) is 83.5 Å². The van der Waals surface area contributed by atoms with Crippen molar-refractivity contribution in [3.8, 4) is 0 Å². The maximum atomic E-state index is 12.4. The van der Waals surface area contributed by atoms with E-state index in [1.165, 1.54) is 38.5 Å². The van der Waals surface area contributed by atoms with E-state index in [1.54, 1.807) is 0 Å². The highest BCUT2D eigenvalue weighted by molar-refractivity contribution is 6.36. The van der Waals surface area contributed by atoms with Crippen LogP contribution in [-0.4, -0.2) is 16.9 Å². The van der Waals surface area contributed by atoms with Gasteiger partial charge < -0.3 is 5.11 Å². The number of carbonyl (C=O) groups is 2. The van der Waals surface area contributed by atoms with Crippen LogP contribution in [0, 0.1) is 0 Å². The van der Waals surface area contributed by atoms with Gasteiger partial charge in [-0.25, -0.2) is 4.79 Å². The number of unbranched alkanes of at least 4 members (excludes halogenated alkanes) is 7. The summed E-state index contributed by atoms with van der Waals surface area (Å²) in [7, 11) is 0. The van der Waals surface area contributed by atoms with Gasteiger partial charge in [0.2, 0.25) is 5.78 Å². The molecule has 0 radical (unpaired) electrons. The summed E-state index contributed by atoms with van der Waals surface area (Å²) in [6, 6.07) is 9.42. The van der Waals surface area contributed by atoms with Crippen molar-refractivity contribution >= 4 is 11.8 Å². The fraction of sp³-hybridized carbons (Fsp3) is 0.619. The molecule has 0 heterocycles. The Bertz CT molecular complexity index is 495. The summed E-state index contributed by atoms with van der Waals surface area (Å²) < 4.78 is 0. The molecule has 0 aliphatic carbocycles. The fourth-order valence-corrected chi connectivity index (χ4v) is 3.45. The minimum atomic E-state index is -1.32. The molecule has 134 valence electrons. The molecule has 0 saturated heterocycles. The van der Waals surface area contributed by atoms with Crippen molar-refractivity contribution in [2.24, 2.45) is 0 Å². The minimum Gasteiger partial charge on any atom is -0.475 e. The van der Waals surface area contributed by atoms with Gasteiger partial charge in [-0.3, -0.25) is 4.79 Å². The van der Waals surface area contributed by atoms with E-state index in [2.05, 4.69) is 6.92 Å². The number of hydrogen-bond acceptors (Lipinski definition) is 2. The molecule has 0 saturated carbocycles. The van der Waals surface area contributed by atoms with E-state index >= 15 is 0 Å². The smallest absolute Gasteiger partial charge is 0.373 e. The van der Waals surface area contributed by atoms with Crippen LogP contribution in [0.15, 0.2) is 30.3 Å². The molecule has 1 aromatic carbocycles. The highest BCUT2D eigenvalue weighted by atomic mass is 16.4. The first-order valence-corrected chi connectivity index (χ1v) is 9.41. The average Bonchev–Trinajstić information content (AvgIpc) is 2.61. The van der Waals surface area contributed by atoms with E-state index in [9.17, 15) is 14.7 Å². The van der Waals surface area contributed by atoms with Crippen LogP contribution in [-0.2, 0) is 15.0 Å². The first-order valence-electron chi connectivity index (χ1n) is 9.41. The van der Waals surface area contributed by atoms with Gasteiger partial charge in [0.1, 0.15) is 0 Å². The van der Waals surface area contributed by atoms with E-state index in [0.29, 0.717) is 12.8 Å². The highest BCUT2D eigenvalue weighted by Gasteiger charge is 2.41. The van der Waals surface area contributed by atoms with Crippen LogP contribution < -0.4 is 0 Å². The zero-order valence-electron chi connectivity index (χ0n) is 15.2. The summed E-state index contributed by atoms with van der Waals surface area (Å²) in [5.74, 6) is -1.99. The number of carboxylic acids is 1. The zero-order valence-corrected chi connectivity index (χ0v) is 15.2. The largest absolute Gasteiger partial charge is 0.475 e. The lowest BCUT2D eigenvalue weighted by molar-refractivity contribution is -0.152. The van der Waals surface area contributed by atoms with Gasteiger partial charge in [0.15, 0.2) is 0 Å². The average molecular weight is 332 g/mol. The van der Waals surface area contributed by atoms with Crippen molar-refractivity contribution in [2.75, 3.05) is 0 Å². The quantitative estimate of drug-likeness (QED) is 0.382. The first kappa shape index (κ1) is 20.4. The second kappa shape index (κ2) is 11.0. The molecule has 1 N–H and O–H groups in total. The number of carbonyl (C=O) groups excluding carboxylic acids is 1. The molecule has 0 aromatic heterocycles. The summed E-state index contributed by atoms with van der Waals surface area (Å²) >= 11 is 0. The first-order chi connectivity index (χ1) is 11.6. The number of aliphatic carboxylic acids is 1. The van der Waals surface area contributed by atoms with E-state index in [1.807, 2.05) is 37.3 Å². The van der Waals surface area contributed by atoms with Crippen LogP contribution in [0.25, 0.3) is 0 Å². The minimum absolute atomic E-state index is 0.526. The maximum absolute atomic E-state index is 12.4. The monoisotopic (exact) mass is 332 g/mol. The predicted octanol–water partition coefficient (Wildman–Crippen LogP) is 5.52. The van der Waals surface area contributed by atoms with E-state index in [4.69, 9.17) is 0 Å². The maximum Gasteiger partial charge on any atom is 0.373 e. The van der Waals surface area contributed by atoms with E-state index in [0.717, 1.165) is 18.4 Å². The molecule has 1 aromatic rings. The molecule has 3 heteroatoms. The van der Waals surface area contributed by atoms with Crippen LogP contribution in [0.1, 0.15) is 83.6 Å². The summed E-state index contributed by atoms with van der Waals surface area (Å²) in [4.78, 5) is 23.8. The number of carboxylic acid groups (broad SMARTS) is 1. The van der Waals surface area contributed by atoms with Crippen molar-refractivity contribution in [3.05, 3.63) is 35.9 Å². The molecule has 0 amide bonds. The number of ketones is 1. The van der Waals surface area contributed by atoms with Gasteiger partial charge in [-0.15, -0.1) is 0 Å². The molecule has 0 fully saturated rings. The third-order valence-corrected chi connectivity index (χ3v) is 5.02. The van der Waals surface area contributed by atoms with Gasteiger partial charge in [-0.05, 0) is 18.4 Å². The Morgan fingerprint density at radius 1 is 0.875 bits per heavy atom. The Hall–Kier alpha value is -1.64. The van der Waals surface area contributed by atoms with Crippen molar-refractivity contribution in [3.63, 3.8) is 0 Å². The Morgan fingerprint density at radius 2 is 1.42 bits per heavy atom. The molecular weight excluding hydrogens is 300 g/mol. The van der Waals surface area contributed by atoms with Crippen LogP contribution in [0.3, 0.4) is 0 Å². The molecule has 0 bridgehead atoms. The van der Waals surface area contributed by atoms with Gasteiger partial charge in [-0.1, -0.05) is 95.5 Å². The molecule has 1 atom stereocenters. The molecule has 1 rings (SSSR count). The van der Waals surface area contributed by atoms with Gasteiger partial charge in [-0.2, -0.15) is 0 Å². The van der Waals surface area contributed by atoms with Gasteiger partial charge in [0.25, 0.3) is 0 Å². The van der Waals surface area contributed by atoms with Crippen LogP contribution in [0.4, 0.5) is 0 Å². The number of benzene rings is 1. The second-order valence-electron chi connectivity index (χ2n) is 6.66. The number of hydrogen-bond donors (Lipinski definition) is 1. The van der Waals surface area contributed by atoms with E-state index < -0.39 is 17.2 Å². The molecule has 0 spiro atoms. The SMILES string of the molecule is CCCCCCCCCCC(CC)(C(=O)C(=O)O)c1ccccc1. The molecular formula is C21H32O3. The number of Topliss-reactive ketones (excluding diaryl/α,β-unsaturated/α-hetero) is 1. The van der Waals surface area contributed by atoms with Crippen molar-refractivity contribution < 1.29 is 14.7 Å². The third-order valence-electron chi connectivity index (χ3n) is 5.02. The highest BCUT2D eigenvalue weighted by Crippen LogP contribution is 2.35. The van der Waals surface area contributed by atoms with Crippen molar-refractivity contribution in [1.82, 2.24) is 0 Å². The Kier molecular flexibility index (Phi) is 9.36. The second-order valence-corrected chi connectivity index (χ2v) is 6.66. The van der Waals surface area contributed by atoms with Crippen LogP contribution >= 0.6 is 0 Å². The van der Waals surface area contributed by atoms with Crippen LogP contribution in [0.5, 0.6) is 0 Å². The molecule has 3 nitrogen and oxygen atoms in total. The molecule has 0 aliphatic heterocycles. The third kappa shape index (κ3) is 5.77. The normalized spacial score (nSPS) is 13.4. The summed E-state index contributed by atoms with van der Waals surface area (Å²) in [5, 5.41) is 9.28. The topological polar surface area (TPSA) is 54.4 Å². The standard InChI is InChI=1S/C21H32O3/c1-3-5-6-7-8-9-10-14-17-21(4-2,19(22)20(23)24)18-15-12-11-13-16-18/h11-13,15-16H,3-10,14,17H2,1-2H3,(H,23,24).